The van der Waals surface area contributed by atoms with Crippen molar-refractivity contribution in [1.29, 1.82) is 5.26 Å². The van der Waals surface area contributed by atoms with Crippen LogP contribution in [0.5, 0.6) is 0 Å². The summed E-state index contributed by atoms with van der Waals surface area (Å²) in [4.78, 5) is 63.5. The number of hydrogen-bond acceptors (Lipinski definition) is 8. The highest BCUT2D eigenvalue weighted by Gasteiger charge is 2.35. The summed E-state index contributed by atoms with van der Waals surface area (Å²) >= 11 is 0. The van der Waals surface area contributed by atoms with E-state index in [1.54, 1.807) is 45.0 Å². The summed E-state index contributed by atoms with van der Waals surface area (Å²) < 4.78 is 5.23. The lowest BCUT2D eigenvalue weighted by Gasteiger charge is -2.36. The van der Waals surface area contributed by atoms with Crippen LogP contribution in [0.2, 0.25) is 0 Å². The summed E-state index contributed by atoms with van der Waals surface area (Å²) in [5.41, 5.74) is 3.85. The molecule has 0 spiro atoms. The Morgan fingerprint density at radius 1 is 1.15 bits per heavy atom. The Morgan fingerprint density at radius 2 is 1.88 bits per heavy atom. The number of nitriles is 1. The quantitative estimate of drug-likeness (QED) is 0.313. The predicted molar refractivity (Wildman–Crippen MR) is 147 cm³/mol. The molecule has 1 aromatic carbocycles. The average Bonchev–Trinajstić information content (AvgIpc) is 2.93. The van der Waals surface area contributed by atoms with Crippen LogP contribution in [0.3, 0.4) is 0 Å². The fraction of sp³-hybridized carbons (Fsp3) is 0.586. The summed E-state index contributed by atoms with van der Waals surface area (Å²) in [5.74, 6) is -2.63. The molecule has 218 valence electrons. The number of benzene rings is 1. The number of rotatable bonds is 13. The monoisotopic (exact) mass is 555 g/mol. The van der Waals surface area contributed by atoms with Gasteiger partial charge in [0.2, 0.25) is 17.7 Å². The maximum atomic E-state index is 13.2. The first-order chi connectivity index (χ1) is 18.9. The van der Waals surface area contributed by atoms with Crippen LogP contribution in [-0.4, -0.2) is 66.3 Å². The van der Waals surface area contributed by atoms with Gasteiger partial charge in [-0.15, -0.1) is 0 Å². The molecule has 0 aromatic heterocycles. The Morgan fingerprint density at radius 3 is 2.52 bits per heavy atom. The lowest BCUT2D eigenvalue weighted by molar-refractivity contribution is -0.147. The Kier molecular flexibility index (Phi) is 12.7. The number of ether oxygens (including phenoxy) is 1. The molecule has 1 heterocycles. The molecule has 3 N–H and O–H groups in total. The van der Waals surface area contributed by atoms with Crippen LogP contribution in [0.15, 0.2) is 24.3 Å². The molecule has 2 rings (SSSR count). The minimum atomic E-state index is -0.931. The zero-order valence-electron chi connectivity index (χ0n) is 24.0. The van der Waals surface area contributed by atoms with Crippen LogP contribution in [0.4, 0.5) is 0 Å². The number of hydrogen-bond donors (Lipinski definition) is 3. The van der Waals surface area contributed by atoms with Crippen molar-refractivity contribution in [1.82, 2.24) is 21.1 Å². The number of hydrazine groups is 1. The van der Waals surface area contributed by atoms with E-state index in [0.717, 1.165) is 0 Å². The molecule has 1 aliphatic rings. The van der Waals surface area contributed by atoms with Crippen molar-refractivity contribution in [2.75, 3.05) is 19.7 Å². The Bertz CT molecular complexity index is 1110. The van der Waals surface area contributed by atoms with E-state index in [1.165, 1.54) is 5.01 Å². The Hall–Kier alpha value is -3.78. The van der Waals surface area contributed by atoms with Crippen LogP contribution >= 0.6 is 0 Å². The van der Waals surface area contributed by atoms with E-state index < -0.39 is 42.3 Å². The third-order valence-electron chi connectivity index (χ3n) is 6.55. The van der Waals surface area contributed by atoms with Crippen molar-refractivity contribution >= 4 is 29.5 Å². The van der Waals surface area contributed by atoms with Crippen molar-refractivity contribution in [3.05, 3.63) is 35.4 Å². The number of nitrogens with one attached hydrogen (secondary N) is 3. The van der Waals surface area contributed by atoms with Gasteiger partial charge >= 0.3 is 5.97 Å². The zero-order valence-corrected chi connectivity index (χ0v) is 24.0. The maximum absolute atomic E-state index is 13.2. The molecule has 40 heavy (non-hydrogen) atoms. The normalized spacial score (nSPS) is 16.6. The number of amides is 3. The Balaban J connectivity index is 1.97. The third kappa shape index (κ3) is 9.75. The largest absolute Gasteiger partial charge is 0.454 e. The van der Waals surface area contributed by atoms with E-state index in [1.807, 2.05) is 13.8 Å². The van der Waals surface area contributed by atoms with Gasteiger partial charge < -0.3 is 15.4 Å². The molecule has 0 radical (unpaired) electrons. The molecule has 11 nitrogen and oxygen atoms in total. The minimum absolute atomic E-state index is 0.0252. The standard InChI is InChI=1S/C29H41N5O6/c1-18(2)14-25(36)31-13-11-26(37)34-23(10-7-12-32-34)28(38)33-27(19(3)4)24(35)17-40-29(39)22-9-6-8-21(15-22)20(5)16-30/h6,8-9,15,18-20,23,27,32H,7,10-14,17H2,1-5H3,(H,31,36)(H,33,38)/t20?,23-,27+/m0/s1. The smallest absolute Gasteiger partial charge is 0.338 e. The maximum Gasteiger partial charge on any atom is 0.338 e. The molecule has 0 bridgehead atoms. The lowest BCUT2D eigenvalue weighted by atomic mass is 9.98. The van der Waals surface area contributed by atoms with E-state index in [0.29, 0.717) is 31.4 Å². The lowest BCUT2D eigenvalue weighted by Crippen LogP contribution is -2.61. The minimum Gasteiger partial charge on any atom is -0.454 e. The average molecular weight is 556 g/mol. The molecule has 3 amide bonds. The highest BCUT2D eigenvalue weighted by molar-refractivity contribution is 5.96. The van der Waals surface area contributed by atoms with Gasteiger partial charge in [0.05, 0.1) is 23.6 Å². The second-order valence-electron chi connectivity index (χ2n) is 10.8. The highest BCUT2D eigenvalue weighted by atomic mass is 16.5. The van der Waals surface area contributed by atoms with Crippen molar-refractivity contribution in [2.45, 2.75) is 78.3 Å². The van der Waals surface area contributed by atoms with Gasteiger partial charge in [-0.05, 0) is 49.3 Å². The van der Waals surface area contributed by atoms with E-state index >= 15 is 0 Å². The summed E-state index contributed by atoms with van der Waals surface area (Å²) in [6.07, 6.45) is 1.47. The van der Waals surface area contributed by atoms with Crippen molar-refractivity contribution in [3.63, 3.8) is 0 Å². The number of carbonyl (C=O) groups excluding carboxylic acids is 5. The number of Topliss-reactive ketones (excluding diaryl/α,β-unsaturated/α-hetero) is 1. The van der Waals surface area contributed by atoms with Gasteiger partial charge in [-0.1, -0.05) is 39.8 Å². The highest BCUT2D eigenvalue weighted by Crippen LogP contribution is 2.17. The van der Waals surface area contributed by atoms with Crippen LogP contribution in [-0.2, 0) is 23.9 Å². The third-order valence-corrected chi connectivity index (χ3v) is 6.55. The molecule has 0 saturated carbocycles. The van der Waals surface area contributed by atoms with Gasteiger partial charge in [0.15, 0.2) is 12.4 Å². The van der Waals surface area contributed by atoms with Gasteiger partial charge in [-0.3, -0.25) is 24.2 Å². The number of carbonyl (C=O) groups is 5. The summed E-state index contributed by atoms with van der Waals surface area (Å²) in [6.45, 7) is 9.25. The molecule has 11 heteroatoms. The predicted octanol–water partition coefficient (Wildman–Crippen LogP) is 2.23. The molecular formula is C29H41N5O6. The van der Waals surface area contributed by atoms with E-state index in [-0.39, 0.29) is 42.2 Å². The van der Waals surface area contributed by atoms with Crippen molar-refractivity contribution < 1.29 is 28.7 Å². The molecule has 1 aliphatic heterocycles. The first-order valence-corrected chi connectivity index (χ1v) is 13.8. The van der Waals surface area contributed by atoms with E-state index in [2.05, 4.69) is 22.1 Å². The second kappa shape index (κ2) is 15.7. The topological polar surface area (TPSA) is 158 Å². The molecular weight excluding hydrogens is 514 g/mol. The van der Waals surface area contributed by atoms with Crippen molar-refractivity contribution in [3.8, 4) is 6.07 Å². The fourth-order valence-electron chi connectivity index (χ4n) is 4.30. The van der Waals surface area contributed by atoms with Crippen LogP contribution in [0.25, 0.3) is 0 Å². The van der Waals surface area contributed by atoms with Crippen LogP contribution in [0, 0.1) is 23.2 Å². The van der Waals surface area contributed by atoms with Gasteiger partial charge in [-0.25, -0.2) is 10.2 Å². The molecule has 1 saturated heterocycles. The van der Waals surface area contributed by atoms with Crippen molar-refractivity contribution in [2.24, 2.45) is 11.8 Å². The first kappa shape index (κ1) is 32.4. The van der Waals surface area contributed by atoms with E-state index in [4.69, 9.17) is 10.00 Å². The zero-order chi connectivity index (χ0) is 29.8. The van der Waals surface area contributed by atoms with Gasteiger partial charge in [0.25, 0.3) is 0 Å². The molecule has 1 fully saturated rings. The van der Waals surface area contributed by atoms with E-state index in [9.17, 15) is 24.0 Å². The second-order valence-corrected chi connectivity index (χ2v) is 10.8. The summed E-state index contributed by atoms with van der Waals surface area (Å²) in [5, 5.41) is 15.9. The SMILES string of the molecule is CC(C)CC(=O)NCCC(=O)N1NCCC[C@H]1C(=O)N[C@@H](C(=O)COC(=O)c1cccc(C(C)C#N)c1)C(C)C. The van der Waals surface area contributed by atoms with Gasteiger partial charge in [0, 0.05) is 25.9 Å². The molecule has 3 atom stereocenters. The molecule has 1 unspecified atom stereocenters. The van der Waals surface area contributed by atoms with Gasteiger partial charge in [0.1, 0.15) is 6.04 Å². The summed E-state index contributed by atoms with van der Waals surface area (Å²) in [6, 6.07) is 6.82. The number of esters is 1. The molecule has 1 aromatic rings. The first-order valence-electron chi connectivity index (χ1n) is 13.8. The van der Waals surface area contributed by atoms with Crippen LogP contribution in [0.1, 0.15) is 82.1 Å². The Labute approximate surface area is 236 Å². The fourth-order valence-corrected chi connectivity index (χ4v) is 4.30. The number of nitrogens with zero attached hydrogens (tertiary/aromatic N) is 2. The number of ketones is 1. The summed E-state index contributed by atoms with van der Waals surface area (Å²) in [7, 11) is 0. The van der Waals surface area contributed by atoms with Crippen LogP contribution < -0.4 is 16.1 Å². The molecule has 0 aliphatic carbocycles. The van der Waals surface area contributed by atoms with Gasteiger partial charge in [-0.2, -0.15) is 5.26 Å².